The molecular weight excluding hydrogens is 302 g/mol. The van der Waals surface area contributed by atoms with Crippen LogP contribution in [0, 0.1) is 0 Å². The molecule has 3 rings (SSSR count). The van der Waals surface area contributed by atoms with Crippen LogP contribution in [0.4, 0.5) is 0 Å². The van der Waals surface area contributed by atoms with E-state index in [9.17, 15) is 9.59 Å². The molecule has 0 radical (unpaired) electrons. The second kappa shape index (κ2) is 6.02. The Morgan fingerprint density at radius 1 is 1.41 bits per heavy atom. The summed E-state index contributed by atoms with van der Waals surface area (Å²) in [7, 11) is 0. The first-order valence-corrected chi connectivity index (χ1v) is 7.97. The lowest BCUT2D eigenvalue weighted by Gasteiger charge is -2.15. The fourth-order valence-electron chi connectivity index (χ4n) is 2.61. The van der Waals surface area contributed by atoms with Crippen LogP contribution in [0.25, 0.3) is 0 Å². The fraction of sp³-hybridized carbons (Fsp3) is 0.400. The van der Waals surface area contributed by atoms with Gasteiger partial charge in [0.15, 0.2) is 5.78 Å². The van der Waals surface area contributed by atoms with Crippen LogP contribution in [0.3, 0.4) is 0 Å². The number of carbonyl (C=O) groups excluding carboxylic acids is 2. The second-order valence-corrected chi connectivity index (χ2v) is 6.28. The fourth-order valence-corrected chi connectivity index (χ4v) is 3.43. The smallest absolute Gasteiger partial charge is 0.227 e. The first-order chi connectivity index (χ1) is 10.6. The van der Waals surface area contributed by atoms with Crippen molar-refractivity contribution in [3.05, 3.63) is 39.3 Å². The zero-order chi connectivity index (χ0) is 15.7. The van der Waals surface area contributed by atoms with Crippen molar-refractivity contribution >= 4 is 23.0 Å². The van der Waals surface area contributed by atoms with E-state index in [0.717, 1.165) is 16.8 Å². The van der Waals surface area contributed by atoms with Gasteiger partial charge in [0.05, 0.1) is 42.9 Å². The van der Waals surface area contributed by atoms with E-state index < -0.39 is 0 Å². The number of carbonyl (C=O) groups is 2. The van der Waals surface area contributed by atoms with Gasteiger partial charge in [0, 0.05) is 12.1 Å². The van der Waals surface area contributed by atoms with Crippen molar-refractivity contribution < 1.29 is 14.7 Å². The highest BCUT2D eigenvalue weighted by atomic mass is 32.1. The number of fused-ring (bicyclic) bond motifs is 1. The number of aliphatic hydroxyl groups is 1. The third-order valence-corrected chi connectivity index (χ3v) is 4.84. The number of hydrogen-bond donors (Lipinski definition) is 1. The largest absolute Gasteiger partial charge is 0.394 e. The lowest BCUT2D eigenvalue weighted by Crippen LogP contribution is -2.27. The van der Waals surface area contributed by atoms with Gasteiger partial charge in [-0.1, -0.05) is 0 Å². The molecule has 0 saturated carbocycles. The molecular formula is C15H17N3O3S. The van der Waals surface area contributed by atoms with Crippen molar-refractivity contribution in [1.29, 1.82) is 0 Å². The van der Waals surface area contributed by atoms with E-state index in [2.05, 4.69) is 5.10 Å². The van der Waals surface area contributed by atoms with Gasteiger partial charge in [-0.2, -0.15) is 5.10 Å². The minimum absolute atomic E-state index is 0.0290. The van der Waals surface area contributed by atoms with Crippen LogP contribution in [-0.2, 0) is 30.8 Å². The summed E-state index contributed by atoms with van der Waals surface area (Å²) >= 11 is 1.38. The van der Waals surface area contributed by atoms with E-state index in [0.29, 0.717) is 30.9 Å². The maximum atomic E-state index is 12.4. The highest BCUT2D eigenvalue weighted by molar-refractivity contribution is 7.12. The van der Waals surface area contributed by atoms with Gasteiger partial charge in [0.2, 0.25) is 5.91 Å². The maximum Gasteiger partial charge on any atom is 0.227 e. The summed E-state index contributed by atoms with van der Waals surface area (Å²) in [4.78, 5) is 26.2. The third kappa shape index (κ3) is 2.82. The number of hydrogen-bond acceptors (Lipinski definition) is 5. The molecule has 2 aromatic rings. The molecule has 0 atom stereocenters. The highest BCUT2D eigenvalue weighted by Gasteiger charge is 2.27. The van der Waals surface area contributed by atoms with Crippen LogP contribution in [0.1, 0.15) is 33.4 Å². The Morgan fingerprint density at radius 2 is 2.23 bits per heavy atom. The molecule has 0 spiro atoms. The molecule has 0 saturated heterocycles. The molecule has 0 aliphatic carbocycles. The van der Waals surface area contributed by atoms with Gasteiger partial charge in [0.1, 0.15) is 0 Å². The van der Waals surface area contributed by atoms with Crippen LogP contribution in [0.5, 0.6) is 0 Å². The van der Waals surface area contributed by atoms with Gasteiger partial charge in [-0.15, -0.1) is 11.3 Å². The van der Waals surface area contributed by atoms with Crippen molar-refractivity contribution in [2.45, 2.75) is 33.0 Å². The second-order valence-electron chi connectivity index (χ2n) is 5.37. The van der Waals surface area contributed by atoms with Gasteiger partial charge in [-0.25, -0.2) is 0 Å². The van der Waals surface area contributed by atoms with E-state index >= 15 is 0 Å². The molecule has 1 aliphatic rings. The summed E-state index contributed by atoms with van der Waals surface area (Å²) in [6.45, 7) is 3.09. The minimum Gasteiger partial charge on any atom is -0.394 e. The topological polar surface area (TPSA) is 75.4 Å². The number of aromatic nitrogens is 2. The number of thiophene rings is 1. The molecule has 1 N–H and O–H groups in total. The number of rotatable bonds is 5. The zero-order valence-electron chi connectivity index (χ0n) is 12.3. The van der Waals surface area contributed by atoms with Crippen molar-refractivity contribution in [1.82, 2.24) is 14.7 Å². The number of amides is 1. The molecule has 1 amide bonds. The normalized spacial score (nSPS) is 13.5. The van der Waals surface area contributed by atoms with Crippen molar-refractivity contribution in [2.24, 2.45) is 0 Å². The molecule has 3 heterocycles. The van der Waals surface area contributed by atoms with Gasteiger partial charge in [-0.3, -0.25) is 14.3 Å². The van der Waals surface area contributed by atoms with Crippen LogP contribution >= 0.6 is 11.3 Å². The molecule has 0 fully saturated rings. The average Bonchev–Trinajstić information content (AvgIpc) is 3.15. The summed E-state index contributed by atoms with van der Waals surface area (Å²) in [6.07, 6.45) is 2.07. The zero-order valence-corrected chi connectivity index (χ0v) is 13.1. The standard InChI is InChI=1S/C15H17N3O3S/c1-10(20)14-4-11(9-22-14)5-15(21)17-7-12-6-16-18(2-3-19)13(12)8-17/h4,6,9,19H,2-3,5,7-8H2,1H3. The Labute approximate surface area is 132 Å². The van der Waals surface area contributed by atoms with Gasteiger partial charge in [-0.05, 0) is 23.9 Å². The number of nitrogens with zero attached hydrogens (tertiary/aromatic N) is 3. The molecule has 22 heavy (non-hydrogen) atoms. The first-order valence-electron chi connectivity index (χ1n) is 7.09. The molecule has 1 aliphatic heterocycles. The molecule has 7 heteroatoms. The minimum atomic E-state index is 0.0290. The Bertz CT molecular complexity index is 719. The predicted octanol–water partition coefficient (Wildman–Crippen LogP) is 1.22. The van der Waals surface area contributed by atoms with Crippen molar-refractivity contribution in [3.63, 3.8) is 0 Å². The maximum absolute atomic E-state index is 12.4. The van der Waals surface area contributed by atoms with Crippen molar-refractivity contribution in [3.8, 4) is 0 Å². The Hall–Kier alpha value is -1.99. The molecule has 0 bridgehead atoms. The molecule has 116 valence electrons. The van der Waals surface area contributed by atoms with Crippen LogP contribution in [-0.4, -0.2) is 38.1 Å². The highest BCUT2D eigenvalue weighted by Crippen LogP contribution is 2.24. The van der Waals surface area contributed by atoms with Gasteiger partial charge >= 0.3 is 0 Å². The summed E-state index contributed by atoms with van der Waals surface area (Å²) in [6, 6.07) is 1.79. The van der Waals surface area contributed by atoms with Gasteiger partial charge < -0.3 is 10.0 Å². The van der Waals surface area contributed by atoms with Crippen LogP contribution < -0.4 is 0 Å². The summed E-state index contributed by atoms with van der Waals surface area (Å²) in [5.41, 5.74) is 2.92. The first kappa shape index (κ1) is 14.9. The Morgan fingerprint density at radius 3 is 2.91 bits per heavy atom. The lowest BCUT2D eigenvalue weighted by atomic mass is 10.2. The van der Waals surface area contributed by atoms with Gasteiger partial charge in [0.25, 0.3) is 0 Å². The SMILES string of the molecule is CC(=O)c1cc(CC(=O)N2Cc3cnn(CCO)c3C2)cs1. The average molecular weight is 319 g/mol. The van der Waals surface area contributed by atoms with E-state index in [-0.39, 0.29) is 18.3 Å². The summed E-state index contributed by atoms with van der Waals surface area (Å²) < 4.78 is 1.75. The number of Topliss-reactive ketones (excluding diaryl/α,β-unsaturated/α-hetero) is 1. The van der Waals surface area contributed by atoms with Crippen LogP contribution in [0.15, 0.2) is 17.6 Å². The van der Waals surface area contributed by atoms with E-state index in [1.54, 1.807) is 21.8 Å². The monoisotopic (exact) mass is 319 g/mol. The third-order valence-electron chi connectivity index (χ3n) is 3.76. The lowest BCUT2D eigenvalue weighted by molar-refractivity contribution is -0.131. The molecule has 6 nitrogen and oxygen atoms in total. The number of ketones is 1. The van der Waals surface area contributed by atoms with E-state index in [1.165, 1.54) is 18.3 Å². The molecule has 0 aromatic carbocycles. The quantitative estimate of drug-likeness (QED) is 0.841. The van der Waals surface area contributed by atoms with Crippen LogP contribution in [0.2, 0.25) is 0 Å². The summed E-state index contributed by atoms with van der Waals surface area (Å²) in [5, 5.41) is 15.1. The van der Waals surface area contributed by atoms with E-state index in [1.807, 2.05) is 5.38 Å². The van der Waals surface area contributed by atoms with Crippen molar-refractivity contribution in [2.75, 3.05) is 6.61 Å². The molecule has 2 aromatic heterocycles. The predicted molar refractivity (Wildman–Crippen MR) is 81.6 cm³/mol. The Balaban J connectivity index is 1.65. The summed E-state index contributed by atoms with van der Waals surface area (Å²) in [5.74, 6) is 0.0704. The molecule has 0 unspecified atom stereocenters. The number of aliphatic hydroxyl groups excluding tert-OH is 1. The van der Waals surface area contributed by atoms with E-state index in [4.69, 9.17) is 5.11 Å². The Kier molecular flexibility index (Phi) is 4.08.